The first kappa shape index (κ1) is 11.7. The molecule has 1 aliphatic heterocycles. The molecule has 0 bridgehead atoms. The van der Waals surface area contributed by atoms with Gasteiger partial charge in [-0.2, -0.15) is 0 Å². The standard InChI is InChI=1S/C15H19NO2/c1-10(15(17)18)13-8-16(9-13)7-12-6-11-4-2-3-5-14(11)12/h2-5,10,12-13H,6-9H2,1H3,(H,17,18). The SMILES string of the molecule is CC(C(=O)O)C1CN(CC2Cc3ccccc32)C1. The summed E-state index contributed by atoms with van der Waals surface area (Å²) in [6, 6.07) is 8.64. The molecule has 2 aliphatic rings. The van der Waals surface area contributed by atoms with E-state index in [1.54, 1.807) is 0 Å². The monoisotopic (exact) mass is 245 g/mol. The van der Waals surface area contributed by atoms with Gasteiger partial charge in [-0.15, -0.1) is 0 Å². The normalized spacial score (nSPS) is 24.8. The Labute approximate surface area is 107 Å². The molecule has 0 aromatic heterocycles. The number of carboxylic acids is 1. The van der Waals surface area contributed by atoms with Crippen molar-refractivity contribution in [1.29, 1.82) is 0 Å². The lowest BCUT2D eigenvalue weighted by molar-refractivity contribution is -0.145. The van der Waals surface area contributed by atoms with Gasteiger partial charge in [0.25, 0.3) is 0 Å². The highest BCUT2D eigenvalue weighted by Crippen LogP contribution is 2.37. The molecular weight excluding hydrogens is 226 g/mol. The average molecular weight is 245 g/mol. The molecule has 3 nitrogen and oxygen atoms in total. The third-order valence-corrected chi connectivity index (χ3v) is 4.52. The average Bonchev–Trinajstić information content (AvgIpc) is 2.27. The summed E-state index contributed by atoms with van der Waals surface area (Å²) in [5.74, 6) is 0.156. The Kier molecular flexibility index (Phi) is 2.86. The molecule has 1 aromatic carbocycles. The van der Waals surface area contributed by atoms with Crippen LogP contribution in [0.4, 0.5) is 0 Å². The van der Waals surface area contributed by atoms with Crippen LogP contribution in [-0.4, -0.2) is 35.6 Å². The van der Waals surface area contributed by atoms with Crippen molar-refractivity contribution in [2.45, 2.75) is 19.3 Å². The first-order valence-corrected chi connectivity index (χ1v) is 6.68. The first-order valence-electron chi connectivity index (χ1n) is 6.68. The molecule has 2 atom stereocenters. The summed E-state index contributed by atoms with van der Waals surface area (Å²) in [5.41, 5.74) is 2.98. The molecular formula is C15H19NO2. The van der Waals surface area contributed by atoms with Gasteiger partial charge >= 0.3 is 5.97 Å². The third kappa shape index (κ3) is 1.93. The van der Waals surface area contributed by atoms with E-state index >= 15 is 0 Å². The van der Waals surface area contributed by atoms with Gasteiger partial charge < -0.3 is 10.0 Å². The number of carboxylic acid groups (broad SMARTS) is 1. The number of carbonyl (C=O) groups is 1. The van der Waals surface area contributed by atoms with Crippen molar-refractivity contribution in [3.8, 4) is 0 Å². The Morgan fingerprint density at radius 1 is 1.44 bits per heavy atom. The zero-order chi connectivity index (χ0) is 12.7. The zero-order valence-corrected chi connectivity index (χ0v) is 10.7. The molecule has 0 radical (unpaired) electrons. The van der Waals surface area contributed by atoms with E-state index in [0.29, 0.717) is 11.8 Å². The van der Waals surface area contributed by atoms with Crippen molar-refractivity contribution in [2.24, 2.45) is 11.8 Å². The Morgan fingerprint density at radius 2 is 2.17 bits per heavy atom. The fraction of sp³-hybridized carbons (Fsp3) is 0.533. The number of fused-ring (bicyclic) bond motifs is 1. The van der Waals surface area contributed by atoms with E-state index in [2.05, 4.69) is 29.2 Å². The summed E-state index contributed by atoms with van der Waals surface area (Å²) in [6.07, 6.45) is 1.19. The van der Waals surface area contributed by atoms with Crippen LogP contribution in [0.25, 0.3) is 0 Å². The molecule has 0 saturated carbocycles. The molecule has 0 amide bonds. The second-order valence-corrected chi connectivity index (χ2v) is 5.71. The predicted octanol–water partition coefficient (Wildman–Crippen LogP) is 1.98. The van der Waals surface area contributed by atoms with Crippen molar-refractivity contribution < 1.29 is 9.90 Å². The fourth-order valence-electron chi connectivity index (χ4n) is 3.11. The Hall–Kier alpha value is -1.35. The number of benzene rings is 1. The third-order valence-electron chi connectivity index (χ3n) is 4.52. The van der Waals surface area contributed by atoms with Crippen LogP contribution in [0.5, 0.6) is 0 Å². The van der Waals surface area contributed by atoms with Gasteiger partial charge in [-0.25, -0.2) is 0 Å². The minimum absolute atomic E-state index is 0.199. The van der Waals surface area contributed by atoms with Crippen molar-refractivity contribution in [1.82, 2.24) is 4.90 Å². The second kappa shape index (κ2) is 4.39. The maximum Gasteiger partial charge on any atom is 0.306 e. The molecule has 18 heavy (non-hydrogen) atoms. The Balaban J connectivity index is 1.49. The van der Waals surface area contributed by atoms with E-state index < -0.39 is 5.97 Å². The molecule has 1 N–H and O–H groups in total. The molecule has 2 unspecified atom stereocenters. The molecule has 1 heterocycles. The minimum Gasteiger partial charge on any atom is -0.481 e. The maximum absolute atomic E-state index is 10.9. The number of nitrogens with zero attached hydrogens (tertiary/aromatic N) is 1. The van der Waals surface area contributed by atoms with E-state index in [-0.39, 0.29) is 5.92 Å². The molecule has 1 aromatic rings. The van der Waals surface area contributed by atoms with Gasteiger partial charge in [-0.3, -0.25) is 4.79 Å². The molecule has 0 spiro atoms. The highest BCUT2D eigenvalue weighted by atomic mass is 16.4. The Bertz CT molecular complexity index is 465. The predicted molar refractivity (Wildman–Crippen MR) is 69.6 cm³/mol. The van der Waals surface area contributed by atoms with Crippen molar-refractivity contribution in [3.63, 3.8) is 0 Å². The van der Waals surface area contributed by atoms with Crippen LogP contribution < -0.4 is 0 Å². The lowest BCUT2D eigenvalue weighted by atomic mass is 9.76. The summed E-state index contributed by atoms with van der Waals surface area (Å²) >= 11 is 0. The van der Waals surface area contributed by atoms with Gasteiger partial charge in [0.1, 0.15) is 0 Å². The van der Waals surface area contributed by atoms with Crippen LogP contribution in [-0.2, 0) is 11.2 Å². The molecule has 96 valence electrons. The summed E-state index contributed by atoms with van der Waals surface area (Å²) in [4.78, 5) is 13.3. The number of rotatable bonds is 4. The van der Waals surface area contributed by atoms with Gasteiger partial charge in [-0.05, 0) is 23.5 Å². The van der Waals surface area contributed by atoms with Crippen LogP contribution in [0.3, 0.4) is 0 Å². The van der Waals surface area contributed by atoms with Gasteiger partial charge in [0.15, 0.2) is 0 Å². The zero-order valence-electron chi connectivity index (χ0n) is 10.7. The van der Waals surface area contributed by atoms with E-state index in [1.165, 1.54) is 17.5 Å². The second-order valence-electron chi connectivity index (χ2n) is 5.71. The van der Waals surface area contributed by atoms with Gasteiger partial charge in [0.05, 0.1) is 5.92 Å². The van der Waals surface area contributed by atoms with Crippen molar-refractivity contribution in [3.05, 3.63) is 35.4 Å². The maximum atomic E-state index is 10.9. The van der Waals surface area contributed by atoms with Gasteiger partial charge in [0.2, 0.25) is 0 Å². The van der Waals surface area contributed by atoms with Crippen molar-refractivity contribution in [2.75, 3.05) is 19.6 Å². The van der Waals surface area contributed by atoms with E-state index in [0.717, 1.165) is 19.6 Å². The van der Waals surface area contributed by atoms with Crippen molar-refractivity contribution >= 4 is 5.97 Å². The Morgan fingerprint density at radius 3 is 2.83 bits per heavy atom. The van der Waals surface area contributed by atoms with E-state index in [1.807, 2.05) is 6.92 Å². The van der Waals surface area contributed by atoms with Gasteiger partial charge in [0, 0.05) is 25.6 Å². The highest BCUT2D eigenvalue weighted by Gasteiger charge is 2.37. The van der Waals surface area contributed by atoms with Gasteiger partial charge in [-0.1, -0.05) is 31.2 Å². The quantitative estimate of drug-likeness (QED) is 0.881. The minimum atomic E-state index is -0.659. The lowest BCUT2D eigenvalue weighted by Gasteiger charge is -2.45. The van der Waals surface area contributed by atoms with E-state index in [4.69, 9.17) is 5.11 Å². The smallest absolute Gasteiger partial charge is 0.306 e. The molecule has 1 aliphatic carbocycles. The first-order chi connectivity index (χ1) is 8.65. The summed E-state index contributed by atoms with van der Waals surface area (Å²) < 4.78 is 0. The highest BCUT2D eigenvalue weighted by molar-refractivity contribution is 5.70. The van der Waals surface area contributed by atoms with E-state index in [9.17, 15) is 4.79 Å². The number of likely N-dealkylation sites (tertiary alicyclic amines) is 1. The summed E-state index contributed by atoms with van der Waals surface area (Å²) in [7, 11) is 0. The van der Waals surface area contributed by atoms with Crippen LogP contribution >= 0.6 is 0 Å². The number of hydrogen-bond acceptors (Lipinski definition) is 2. The van der Waals surface area contributed by atoms with Crippen LogP contribution in [0.15, 0.2) is 24.3 Å². The summed E-state index contributed by atoms with van der Waals surface area (Å²) in [6.45, 7) is 4.82. The largest absolute Gasteiger partial charge is 0.481 e. The fourth-order valence-corrected chi connectivity index (χ4v) is 3.11. The molecule has 1 saturated heterocycles. The molecule has 1 fully saturated rings. The number of hydrogen-bond donors (Lipinski definition) is 1. The topological polar surface area (TPSA) is 40.5 Å². The molecule has 3 rings (SSSR count). The lowest BCUT2D eigenvalue weighted by Crippen LogP contribution is -2.52. The summed E-state index contributed by atoms with van der Waals surface area (Å²) in [5, 5.41) is 8.95. The molecule has 3 heteroatoms. The number of aliphatic carboxylic acids is 1. The van der Waals surface area contributed by atoms with Crippen LogP contribution in [0, 0.1) is 11.8 Å². The van der Waals surface area contributed by atoms with Crippen LogP contribution in [0.1, 0.15) is 24.0 Å². The van der Waals surface area contributed by atoms with Crippen LogP contribution in [0.2, 0.25) is 0 Å².